The molecule has 0 aromatic carbocycles. The first kappa shape index (κ1) is 32.8. The van der Waals surface area contributed by atoms with Gasteiger partial charge in [-0.05, 0) is 65.3 Å². The summed E-state index contributed by atoms with van der Waals surface area (Å²) in [6, 6.07) is -2.00. The second-order valence-corrected chi connectivity index (χ2v) is 12.1. The molecular weight excluding hydrogens is 530 g/mol. The molecule has 0 spiro atoms. The van der Waals surface area contributed by atoms with Crippen molar-refractivity contribution < 1.29 is 33.4 Å². The monoisotopic (exact) mass is 579 g/mol. The lowest BCUT2D eigenvalue weighted by molar-refractivity contribution is -0.157. The minimum Gasteiger partial charge on any atom is -0.461 e. The predicted molar refractivity (Wildman–Crippen MR) is 152 cm³/mol. The van der Waals surface area contributed by atoms with Crippen LogP contribution in [-0.2, 0) is 33.4 Å². The van der Waals surface area contributed by atoms with E-state index in [4.69, 9.17) is 9.47 Å². The molecule has 1 N–H and O–H groups in total. The fourth-order valence-electron chi connectivity index (χ4n) is 6.03. The normalized spacial score (nSPS) is 24.7. The molecule has 0 bridgehead atoms. The van der Waals surface area contributed by atoms with Gasteiger partial charge >= 0.3 is 5.97 Å². The van der Waals surface area contributed by atoms with Crippen LogP contribution in [0.15, 0.2) is 0 Å². The molecule has 0 radical (unpaired) electrons. The van der Waals surface area contributed by atoms with Gasteiger partial charge in [0.2, 0.25) is 24.1 Å². The molecule has 3 fully saturated rings. The fourth-order valence-corrected chi connectivity index (χ4v) is 6.03. The first-order valence-corrected chi connectivity index (χ1v) is 15.1. The lowest BCUT2D eigenvalue weighted by Crippen LogP contribution is -2.54. The Bertz CT molecular complexity index is 925. The summed E-state index contributed by atoms with van der Waals surface area (Å²) in [6.45, 7) is 12.3. The summed E-state index contributed by atoms with van der Waals surface area (Å²) >= 11 is 0. The maximum Gasteiger partial charge on any atom is 0.329 e. The molecular formula is C29H49N5O7. The average molecular weight is 580 g/mol. The zero-order valence-corrected chi connectivity index (χ0v) is 25.4. The third-order valence-electron chi connectivity index (χ3n) is 8.20. The topological polar surface area (TPSA) is 129 Å². The van der Waals surface area contributed by atoms with Crippen LogP contribution in [0, 0.1) is 5.92 Å². The molecule has 5 atom stereocenters. The first-order valence-electron chi connectivity index (χ1n) is 15.1. The van der Waals surface area contributed by atoms with Crippen molar-refractivity contribution in [2.45, 2.75) is 96.5 Å². The molecule has 4 amide bonds. The summed E-state index contributed by atoms with van der Waals surface area (Å²) in [7, 11) is 1.65. The van der Waals surface area contributed by atoms with Gasteiger partial charge in [-0.15, -0.1) is 0 Å². The highest BCUT2D eigenvalue weighted by Gasteiger charge is 2.40. The van der Waals surface area contributed by atoms with E-state index < -0.39 is 30.2 Å². The molecule has 0 saturated carbocycles. The zero-order valence-electron chi connectivity index (χ0n) is 25.4. The number of ether oxygens (including phenoxy) is 2. The Morgan fingerprint density at radius 3 is 2.46 bits per heavy atom. The van der Waals surface area contributed by atoms with E-state index in [-0.39, 0.29) is 36.1 Å². The van der Waals surface area contributed by atoms with E-state index >= 15 is 0 Å². The maximum atomic E-state index is 13.7. The molecule has 3 saturated heterocycles. The van der Waals surface area contributed by atoms with Crippen LogP contribution in [0.4, 0.5) is 0 Å². The number of nitrogens with zero attached hydrogens (tertiary/aromatic N) is 4. The summed E-state index contributed by atoms with van der Waals surface area (Å²) in [5, 5.41) is 2.95. The largest absolute Gasteiger partial charge is 0.461 e. The van der Waals surface area contributed by atoms with Crippen molar-refractivity contribution in [3.8, 4) is 0 Å². The molecule has 3 aliphatic heterocycles. The number of carbonyl (C=O) groups is 5. The highest BCUT2D eigenvalue weighted by atomic mass is 16.5. The Balaban J connectivity index is 1.58. The maximum absolute atomic E-state index is 13.7. The van der Waals surface area contributed by atoms with Crippen LogP contribution in [0.3, 0.4) is 0 Å². The lowest BCUT2D eigenvalue weighted by atomic mass is 10.1. The van der Waals surface area contributed by atoms with Crippen molar-refractivity contribution in [3.63, 3.8) is 0 Å². The minimum atomic E-state index is -0.696. The second-order valence-electron chi connectivity index (χ2n) is 12.1. The number of hydrogen-bond acceptors (Lipinski definition) is 8. The SMILES string of the molecule is CC(C)NC(=O)C(CCCN1CCOCC1)N(C)C(=O)C1CCCN1C(=O)CC(C)OC(=O)C1C[C@@H](C)CN1C=O. The van der Waals surface area contributed by atoms with Crippen LogP contribution in [0.2, 0.25) is 0 Å². The highest BCUT2D eigenvalue weighted by molar-refractivity contribution is 5.92. The Morgan fingerprint density at radius 1 is 1.10 bits per heavy atom. The first-order chi connectivity index (χ1) is 19.5. The summed E-state index contributed by atoms with van der Waals surface area (Å²) in [6.07, 6.45) is 2.92. The van der Waals surface area contributed by atoms with Gasteiger partial charge in [-0.3, -0.25) is 24.1 Å². The molecule has 232 valence electrons. The van der Waals surface area contributed by atoms with Crippen molar-refractivity contribution in [2.75, 3.05) is 53.0 Å². The van der Waals surface area contributed by atoms with E-state index in [0.29, 0.717) is 58.4 Å². The van der Waals surface area contributed by atoms with E-state index in [2.05, 4.69) is 10.2 Å². The molecule has 12 heteroatoms. The molecule has 3 aliphatic rings. The fraction of sp³-hybridized carbons (Fsp3) is 0.828. The minimum absolute atomic E-state index is 0.0561. The predicted octanol–water partition coefficient (Wildman–Crippen LogP) is 0.630. The number of rotatable bonds is 13. The summed E-state index contributed by atoms with van der Waals surface area (Å²) in [4.78, 5) is 70.9. The van der Waals surface area contributed by atoms with Gasteiger partial charge in [0, 0.05) is 39.3 Å². The van der Waals surface area contributed by atoms with Crippen LogP contribution in [-0.4, -0.2) is 133 Å². The molecule has 0 aromatic heterocycles. The number of hydrogen-bond donors (Lipinski definition) is 1. The van der Waals surface area contributed by atoms with Gasteiger partial charge in [0.1, 0.15) is 24.2 Å². The number of likely N-dealkylation sites (N-methyl/N-ethyl adjacent to an activating group) is 1. The lowest BCUT2D eigenvalue weighted by Gasteiger charge is -2.34. The number of amides is 4. The third-order valence-corrected chi connectivity index (χ3v) is 8.20. The summed E-state index contributed by atoms with van der Waals surface area (Å²) < 4.78 is 11.0. The molecule has 0 aliphatic carbocycles. The second kappa shape index (κ2) is 15.5. The highest BCUT2D eigenvalue weighted by Crippen LogP contribution is 2.25. The van der Waals surface area contributed by atoms with Crippen molar-refractivity contribution in [3.05, 3.63) is 0 Å². The van der Waals surface area contributed by atoms with Crippen molar-refractivity contribution >= 4 is 30.1 Å². The molecule has 3 rings (SSSR count). The van der Waals surface area contributed by atoms with Gasteiger partial charge in [-0.2, -0.15) is 0 Å². The van der Waals surface area contributed by atoms with Crippen LogP contribution >= 0.6 is 0 Å². The van der Waals surface area contributed by atoms with Crippen LogP contribution in [0.5, 0.6) is 0 Å². The van der Waals surface area contributed by atoms with E-state index in [0.717, 1.165) is 26.1 Å². The Labute approximate surface area is 244 Å². The standard InChI is InChI=1S/C29H49N5O7/c1-20(2)30-27(37)23(8-6-10-32-12-14-40-15-13-32)31(5)28(38)24-9-7-11-34(24)26(36)17-22(4)41-29(39)25-16-21(3)18-33(25)19-35/h19-25H,6-18H2,1-5H3,(H,30,37)/t21-,22?,23?,24?,25?/m1/s1. The number of esters is 1. The van der Waals surface area contributed by atoms with E-state index in [1.807, 2.05) is 20.8 Å². The van der Waals surface area contributed by atoms with Gasteiger partial charge in [-0.1, -0.05) is 6.92 Å². The number of morpholine rings is 1. The van der Waals surface area contributed by atoms with E-state index in [1.54, 1.807) is 18.9 Å². The van der Waals surface area contributed by atoms with E-state index in [9.17, 15) is 24.0 Å². The molecule has 12 nitrogen and oxygen atoms in total. The number of likely N-dealkylation sites (tertiary alicyclic amines) is 2. The van der Waals surface area contributed by atoms with Gasteiger partial charge in [-0.25, -0.2) is 4.79 Å². The average Bonchev–Trinajstić information content (AvgIpc) is 3.57. The third kappa shape index (κ3) is 9.13. The molecule has 41 heavy (non-hydrogen) atoms. The van der Waals surface area contributed by atoms with Crippen LogP contribution in [0.25, 0.3) is 0 Å². The van der Waals surface area contributed by atoms with Gasteiger partial charge in [0.15, 0.2) is 0 Å². The molecule has 3 heterocycles. The van der Waals surface area contributed by atoms with Crippen LogP contribution in [0.1, 0.15) is 66.2 Å². The Kier molecular flexibility index (Phi) is 12.4. The summed E-state index contributed by atoms with van der Waals surface area (Å²) in [5.41, 5.74) is 0. The quantitative estimate of drug-likeness (QED) is 0.249. The zero-order chi connectivity index (χ0) is 30.1. The van der Waals surface area contributed by atoms with Gasteiger partial charge in [0.05, 0.1) is 19.6 Å². The molecule has 4 unspecified atom stereocenters. The molecule has 0 aromatic rings. The van der Waals surface area contributed by atoms with Crippen molar-refractivity contribution in [1.82, 2.24) is 24.9 Å². The number of nitrogens with one attached hydrogen (secondary N) is 1. The van der Waals surface area contributed by atoms with E-state index in [1.165, 1.54) is 9.80 Å². The Hall–Kier alpha value is -2.73. The van der Waals surface area contributed by atoms with Crippen molar-refractivity contribution in [1.29, 1.82) is 0 Å². The summed E-state index contributed by atoms with van der Waals surface area (Å²) in [5.74, 6) is -1.02. The van der Waals surface area contributed by atoms with Crippen LogP contribution < -0.4 is 5.32 Å². The van der Waals surface area contributed by atoms with Gasteiger partial charge in [0.25, 0.3) is 0 Å². The smallest absolute Gasteiger partial charge is 0.329 e. The number of carbonyl (C=O) groups excluding carboxylic acids is 5. The van der Waals surface area contributed by atoms with Crippen molar-refractivity contribution in [2.24, 2.45) is 5.92 Å². The Morgan fingerprint density at radius 2 is 1.80 bits per heavy atom. The van der Waals surface area contributed by atoms with Gasteiger partial charge < -0.3 is 29.5 Å².